The van der Waals surface area contributed by atoms with Crippen molar-refractivity contribution in [3.63, 3.8) is 0 Å². The van der Waals surface area contributed by atoms with Gasteiger partial charge in [-0.15, -0.1) is 0 Å². The van der Waals surface area contributed by atoms with Gasteiger partial charge < -0.3 is 15.5 Å². The molecule has 1 aromatic carbocycles. The summed E-state index contributed by atoms with van der Waals surface area (Å²) in [5.41, 5.74) is 0.760. The van der Waals surface area contributed by atoms with E-state index in [4.69, 9.17) is 10.2 Å². The van der Waals surface area contributed by atoms with Gasteiger partial charge in [-0.1, -0.05) is 18.2 Å². The Bertz CT molecular complexity index is 403. The molecule has 0 radical (unpaired) electrons. The largest absolute Gasteiger partial charge is 0.480 e. The smallest absolute Gasteiger partial charge is 0.336 e. The second kappa shape index (κ2) is 5.27. The molecule has 0 aliphatic rings. The predicted molar refractivity (Wildman–Crippen MR) is 57.3 cm³/mol. The Balaban J connectivity index is 2.74. The maximum absolute atomic E-state index is 10.9. The molecule has 0 aliphatic heterocycles. The Kier molecular flexibility index (Phi) is 4.02. The lowest BCUT2D eigenvalue weighted by molar-refractivity contribution is -0.139. The van der Waals surface area contributed by atoms with Crippen LogP contribution in [-0.4, -0.2) is 28.2 Å². The van der Waals surface area contributed by atoms with E-state index < -0.39 is 18.0 Å². The first-order valence-corrected chi connectivity index (χ1v) is 4.79. The van der Waals surface area contributed by atoms with E-state index in [1.165, 1.54) is 13.0 Å². The Morgan fingerprint density at radius 2 is 1.94 bits per heavy atom. The molecule has 0 aliphatic carbocycles. The first-order chi connectivity index (χ1) is 7.52. The second-order valence-corrected chi connectivity index (χ2v) is 3.40. The van der Waals surface area contributed by atoms with Crippen LogP contribution in [-0.2, 0) is 11.3 Å². The molecule has 16 heavy (non-hydrogen) atoms. The minimum atomic E-state index is -1.01. The van der Waals surface area contributed by atoms with E-state index >= 15 is 0 Å². The molecule has 0 aromatic heterocycles. The van der Waals surface area contributed by atoms with E-state index in [0.29, 0.717) is 5.56 Å². The minimum Gasteiger partial charge on any atom is -0.480 e. The molecular formula is C11H13NO4. The van der Waals surface area contributed by atoms with Gasteiger partial charge in [0.05, 0.1) is 5.56 Å². The molecule has 86 valence electrons. The van der Waals surface area contributed by atoms with Gasteiger partial charge in [-0.3, -0.25) is 4.79 Å². The number of carbonyl (C=O) groups is 2. The van der Waals surface area contributed by atoms with Crippen LogP contribution in [0.4, 0.5) is 0 Å². The van der Waals surface area contributed by atoms with Gasteiger partial charge in [0, 0.05) is 6.54 Å². The van der Waals surface area contributed by atoms with Crippen LogP contribution in [0.5, 0.6) is 0 Å². The summed E-state index contributed by atoms with van der Waals surface area (Å²) in [6.45, 7) is 1.72. The summed E-state index contributed by atoms with van der Waals surface area (Å²) >= 11 is 0. The number of hydrogen-bond acceptors (Lipinski definition) is 3. The van der Waals surface area contributed by atoms with E-state index in [1.54, 1.807) is 18.2 Å². The van der Waals surface area contributed by atoms with Crippen molar-refractivity contribution in [2.75, 3.05) is 0 Å². The van der Waals surface area contributed by atoms with E-state index in [-0.39, 0.29) is 12.1 Å². The number of hydrogen-bond donors (Lipinski definition) is 3. The third kappa shape index (κ3) is 3.06. The molecular weight excluding hydrogens is 210 g/mol. The van der Waals surface area contributed by atoms with Crippen molar-refractivity contribution >= 4 is 11.9 Å². The lowest BCUT2D eigenvalue weighted by Gasteiger charge is -2.10. The Morgan fingerprint density at radius 3 is 2.50 bits per heavy atom. The van der Waals surface area contributed by atoms with Crippen molar-refractivity contribution in [3.05, 3.63) is 35.4 Å². The summed E-state index contributed by atoms with van der Waals surface area (Å²) in [6.07, 6.45) is 0. The van der Waals surface area contributed by atoms with Gasteiger partial charge in [0.2, 0.25) is 0 Å². The van der Waals surface area contributed by atoms with E-state index in [1.807, 2.05) is 0 Å². The van der Waals surface area contributed by atoms with Crippen molar-refractivity contribution in [1.29, 1.82) is 0 Å². The van der Waals surface area contributed by atoms with Crippen molar-refractivity contribution < 1.29 is 19.8 Å². The standard InChI is InChI=1S/C11H13NO4/c1-7(10(13)14)12-6-8-4-2-3-5-9(8)11(15)16/h2-5,7,12H,6H2,1H3,(H,13,14)(H,15,16)/t7-/m0/s1. The number of nitrogens with one attached hydrogen (secondary N) is 1. The zero-order valence-corrected chi connectivity index (χ0v) is 8.80. The molecule has 1 aromatic rings. The molecule has 0 fully saturated rings. The third-order valence-corrected chi connectivity index (χ3v) is 2.22. The highest BCUT2D eigenvalue weighted by atomic mass is 16.4. The average Bonchev–Trinajstić information content (AvgIpc) is 2.25. The van der Waals surface area contributed by atoms with Crippen LogP contribution in [0.25, 0.3) is 0 Å². The lowest BCUT2D eigenvalue weighted by atomic mass is 10.1. The van der Waals surface area contributed by atoms with E-state index in [0.717, 1.165) is 0 Å². The number of benzene rings is 1. The predicted octanol–water partition coefficient (Wildman–Crippen LogP) is 0.948. The molecule has 0 bridgehead atoms. The molecule has 0 saturated carbocycles. The van der Waals surface area contributed by atoms with Crippen molar-refractivity contribution in [1.82, 2.24) is 5.32 Å². The first-order valence-electron chi connectivity index (χ1n) is 4.79. The molecule has 0 unspecified atom stereocenters. The van der Waals surface area contributed by atoms with Gasteiger partial charge in [0.25, 0.3) is 0 Å². The summed E-state index contributed by atoms with van der Waals surface area (Å²) in [7, 11) is 0. The van der Waals surface area contributed by atoms with E-state index in [2.05, 4.69) is 5.32 Å². The van der Waals surface area contributed by atoms with Gasteiger partial charge in [-0.25, -0.2) is 4.79 Å². The zero-order valence-electron chi connectivity index (χ0n) is 8.80. The Morgan fingerprint density at radius 1 is 1.31 bits per heavy atom. The summed E-state index contributed by atoms with van der Waals surface area (Å²) in [5.74, 6) is -1.98. The normalized spacial score (nSPS) is 12.1. The molecule has 3 N–H and O–H groups in total. The number of rotatable bonds is 5. The molecule has 5 heteroatoms. The summed E-state index contributed by atoms with van der Waals surface area (Å²) in [4.78, 5) is 21.4. The first kappa shape index (κ1) is 12.2. The van der Waals surface area contributed by atoms with Crippen molar-refractivity contribution in [2.45, 2.75) is 19.5 Å². The number of aromatic carboxylic acids is 1. The average molecular weight is 223 g/mol. The molecule has 0 saturated heterocycles. The van der Waals surface area contributed by atoms with Crippen molar-refractivity contribution in [3.8, 4) is 0 Å². The fourth-order valence-corrected chi connectivity index (χ4v) is 1.23. The molecule has 0 heterocycles. The van der Waals surface area contributed by atoms with Gasteiger partial charge in [-0.2, -0.15) is 0 Å². The highest BCUT2D eigenvalue weighted by Gasteiger charge is 2.12. The van der Waals surface area contributed by atoms with Crippen LogP contribution in [0.3, 0.4) is 0 Å². The Hall–Kier alpha value is -1.88. The molecule has 0 spiro atoms. The lowest BCUT2D eigenvalue weighted by Crippen LogP contribution is -2.33. The second-order valence-electron chi connectivity index (χ2n) is 3.40. The highest BCUT2D eigenvalue weighted by molar-refractivity contribution is 5.89. The van der Waals surface area contributed by atoms with Gasteiger partial charge in [0.15, 0.2) is 0 Å². The van der Waals surface area contributed by atoms with Crippen LogP contribution < -0.4 is 5.32 Å². The van der Waals surface area contributed by atoms with Crippen LogP contribution in [0.2, 0.25) is 0 Å². The minimum absolute atomic E-state index is 0.188. The summed E-state index contributed by atoms with van der Waals surface area (Å²) in [5, 5.41) is 20.3. The SMILES string of the molecule is C[C@H](NCc1ccccc1C(=O)O)C(=O)O. The van der Waals surface area contributed by atoms with Crippen molar-refractivity contribution in [2.24, 2.45) is 0 Å². The topological polar surface area (TPSA) is 86.6 Å². The fourth-order valence-electron chi connectivity index (χ4n) is 1.23. The number of aliphatic carboxylic acids is 1. The van der Waals surface area contributed by atoms with Gasteiger partial charge in [-0.05, 0) is 18.6 Å². The van der Waals surface area contributed by atoms with Gasteiger partial charge >= 0.3 is 11.9 Å². The van der Waals surface area contributed by atoms with Crippen LogP contribution in [0.15, 0.2) is 24.3 Å². The van der Waals surface area contributed by atoms with Gasteiger partial charge in [0.1, 0.15) is 6.04 Å². The highest BCUT2D eigenvalue weighted by Crippen LogP contribution is 2.08. The molecule has 1 rings (SSSR count). The summed E-state index contributed by atoms with van der Waals surface area (Å²) < 4.78 is 0. The molecule has 5 nitrogen and oxygen atoms in total. The van der Waals surface area contributed by atoms with E-state index in [9.17, 15) is 9.59 Å². The third-order valence-electron chi connectivity index (χ3n) is 2.22. The Labute approximate surface area is 92.7 Å². The maximum atomic E-state index is 10.9. The zero-order chi connectivity index (χ0) is 12.1. The van der Waals surface area contributed by atoms with Crippen LogP contribution in [0.1, 0.15) is 22.8 Å². The maximum Gasteiger partial charge on any atom is 0.336 e. The quantitative estimate of drug-likeness (QED) is 0.691. The molecule has 0 amide bonds. The fraction of sp³-hybridized carbons (Fsp3) is 0.273. The molecule has 1 atom stereocenters. The summed E-state index contributed by atoms with van der Waals surface area (Å²) in [6, 6.07) is 5.79. The number of carboxylic acid groups (broad SMARTS) is 2. The van der Waals surface area contributed by atoms with Crippen LogP contribution >= 0.6 is 0 Å². The van der Waals surface area contributed by atoms with Crippen LogP contribution in [0, 0.1) is 0 Å². The monoisotopic (exact) mass is 223 g/mol. The number of carboxylic acids is 2.